The Morgan fingerprint density at radius 2 is 1.10 bits per heavy atom. The number of nitrogens with two attached hydrogens (primary N) is 1. The monoisotopic (exact) mass is 854 g/mol. The summed E-state index contributed by atoms with van der Waals surface area (Å²) in [5.74, 6) is -1.12. The molecule has 10 nitrogen and oxygen atoms in total. The van der Waals surface area contributed by atoms with Crippen LogP contribution in [0.2, 0.25) is 0 Å². The second-order valence-corrected chi connectivity index (χ2v) is 15.1. The van der Waals surface area contributed by atoms with Gasteiger partial charge in [0.15, 0.2) is 6.10 Å². The Labute approximate surface area is 362 Å². The number of phosphoric acid groups is 1. The molecule has 0 aromatic heterocycles. The molecular weight excluding hydrogens is 778 g/mol. The van der Waals surface area contributed by atoms with E-state index >= 15 is 0 Å². The molecule has 3 atom stereocenters. The molecule has 0 amide bonds. The van der Waals surface area contributed by atoms with Crippen molar-refractivity contribution in [3.05, 3.63) is 134 Å². The van der Waals surface area contributed by atoms with E-state index < -0.39 is 38.6 Å². The summed E-state index contributed by atoms with van der Waals surface area (Å²) < 4.78 is 32.5. The van der Waals surface area contributed by atoms with Gasteiger partial charge in [0.05, 0.1) is 19.3 Å². The van der Waals surface area contributed by atoms with Crippen molar-refractivity contribution in [3.8, 4) is 0 Å². The molecule has 0 aliphatic heterocycles. The summed E-state index contributed by atoms with van der Waals surface area (Å²) in [6.07, 6.45) is 56.7. The molecule has 0 radical (unpaired) electrons. The summed E-state index contributed by atoms with van der Waals surface area (Å²) in [6.45, 7) is 3.26. The minimum atomic E-state index is -4.45. The maximum absolute atomic E-state index is 12.6. The van der Waals surface area contributed by atoms with Crippen molar-refractivity contribution in [2.75, 3.05) is 26.4 Å². The lowest BCUT2D eigenvalue weighted by Crippen LogP contribution is -2.29. The van der Waals surface area contributed by atoms with Crippen molar-refractivity contribution in [1.29, 1.82) is 0 Å². The second-order valence-electron chi connectivity index (χ2n) is 13.7. The number of esters is 2. The first-order valence-electron chi connectivity index (χ1n) is 21.8. The predicted octanol–water partition coefficient (Wildman–Crippen LogP) is 11.7. The largest absolute Gasteiger partial charge is 0.472 e. The molecule has 0 heterocycles. The summed E-state index contributed by atoms with van der Waals surface area (Å²) in [5.41, 5.74) is 5.33. The van der Waals surface area contributed by atoms with Gasteiger partial charge in [-0.3, -0.25) is 18.6 Å². The van der Waals surface area contributed by atoms with E-state index in [2.05, 4.69) is 98.9 Å². The van der Waals surface area contributed by atoms with E-state index in [0.29, 0.717) is 19.3 Å². The number of unbranched alkanes of at least 4 members (excludes halogenated alkanes) is 3. The molecule has 0 saturated heterocycles. The molecule has 0 aromatic rings. The summed E-state index contributed by atoms with van der Waals surface area (Å²) >= 11 is 0. The van der Waals surface area contributed by atoms with Gasteiger partial charge in [0.2, 0.25) is 0 Å². The molecule has 0 fully saturated rings. The van der Waals surface area contributed by atoms with Gasteiger partial charge >= 0.3 is 19.8 Å². The van der Waals surface area contributed by atoms with E-state index in [0.717, 1.165) is 51.4 Å². The molecule has 4 N–H and O–H groups in total. The van der Waals surface area contributed by atoms with Crippen molar-refractivity contribution in [3.63, 3.8) is 0 Å². The Kier molecular flexibility index (Phi) is 40.4. The van der Waals surface area contributed by atoms with Gasteiger partial charge in [-0.15, -0.1) is 0 Å². The molecule has 11 heteroatoms. The molecule has 0 rings (SSSR count). The number of carbonyl (C=O) groups is 2. The minimum absolute atomic E-state index is 0.000468. The molecule has 0 aliphatic carbocycles. The van der Waals surface area contributed by atoms with Gasteiger partial charge in [-0.2, -0.15) is 0 Å². The van der Waals surface area contributed by atoms with Crippen LogP contribution in [0.1, 0.15) is 123 Å². The molecule has 0 aromatic carbocycles. The smallest absolute Gasteiger partial charge is 0.462 e. The highest BCUT2D eigenvalue weighted by Gasteiger charge is 2.25. The van der Waals surface area contributed by atoms with Gasteiger partial charge in [0.1, 0.15) is 6.61 Å². The number of ether oxygens (including phenoxy) is 2. The van der Waals surface area contributed by atoms with Gasteiger partial charge in [0, 0.05) is 19.4 Å². The molecule has 0 spiro atoms. The number of allylic oxidation sites excluding steroid dienone is 20. The number of phosphoric ester groups is 1. The lowest BCUT2D eigenvalue weighted by molar-refractivity contribution is -0.161. The fourth-order valence-corrected chi connectivity index (χ4v) is 5.67. The van der Waals surface area contributed by atoms with Gasteiger partial charge in [-0.1, -0.05) is 160 Å². The van der Waals surface area contributed by atoms with Crippen LogP contribution >= 0.6 is 7.82 Å². The Hall–Kier alpha value is -3.89. The van der Waals surface area contributed by atoms with Crippen molar-refractivity contribution in [2.24, 2.45) is 5.73 Å². The van der Waals surface area contributed by atoms with Gasteiger partial charge in [-0.05, 0) is 83.5 Å². The van der Waals surface area contributed by atoms with Crippen LogP contribution in [-0.2, 0) is 32.7 Å². The van der Waals surface area contributed by atoms with Crippen molar-refractivity contribution in [1.82, 2.24) is 0 Å². The SMILES string of the molecule is CC/C=C\C/C=C\C/C=C\C/C=C\C=C/C(O)C/C=C\CCC(=O)O[C@H](COC(=O)CC/C=C\C/C=C\C/C=C\C/C=C\C/C=C\CCCCC)COP(=O)(O)OCCN. The average molecular weight is 854 g/mol. The average Bonchev–Trinajstić information content (AvgIpc) is 3.23. The standard InChI is InChI=1S/C49H76NO9P/c1-3-5-7-9-11-13-15-17-18-19-20-21-22-24-26-28-30-32-36-40-48(52)56-44-47(45-58-60(54,55)57-43-42-50)59-49(53)41-37-33-35-39-46(51)38-34-31-29-27-25-23-16-14-12-10-8-6-4-2/h6,8,11-14,17-18,20-21,23-26,29-35,38,46-47,51H,3-5,7,9-10,15-16,19,22,27-28,36-37,39-45,50H2,1-2H3,(H,54,55)/b8-6-,13-11-,14-12-,18-17-,21-20-,25-23-,26-24-,31-29-,32-30-,35-33-,38-34-/t46?,47-/m1/s1. The van der Waals surface area contributed by atoms with Gasteiger partial charge in [0.25, 0.3) is 0 Å². The van der Waals surface area contributed by atoms with Crippen LogP contribution in [0.5, 0.6) is 0 Å². The molecule has 2 unspecified atom stereocenters. The first-order valence-corrected chi connectivity index (χ1v) is 23.3. The molecule has 0 bridgehead atoms. The van der Waals surface area contributed by atoms with Gasteiger partial charge < -0.3 is 25.2 Å². The second kappa shape index (κ2) is 43.2. The molecular formula is C49H76NO9P. The number of rotatable bonds is 38. The number of carbonyl (C=O) groups excluding carboxylic acids is 2. The highest BCUT2D eigenvalue weighted by atomic mass is 31.2. The third kappa shape index (κ3) is 42.2. The van der Waals surface area contributed by atoms with Crippen LogP contribution in [0.15, 0.2) is 134 Å². The van der Waals surface area contributed by atoms with Crippen molar-refractivity contribution >= 4 is 19.8 Å². The van der Waals surface area contributed by atoms with E-state index in [9.17, 15) is 24.2 Å². The van der Waals surface area contributed by atoms with Crippen LogP contribution in [0.3, 0.4) is 0 Å². The van der Waals surface area contributed by atoms with Crippen LogP contribution < -0.4 is 5.73 Å². The quantitative estimate of drug-likeness (QED) is 0.0180. The summed E-state index contributed by atoms with van der Waals surface area (Å²) in [5, 5.41) is 10.2. The van der Waals surface area contributed by atoms with E-state index in [1.165, 1.54) is 25.7 Å². The van der Waals surface area contributed by atoms with Crippen molar-refractivity contribution < 1.29 is 42.7 Å². The number of aliphatic hydroxyl groups is 1. The fourth-order valence-electron chi connectivity index (χ4n) is 4.90. The zero-order valence-electron chi connectivity index (χ0n) is 36.5. The molecule has 336 valence electrons. The topological polar surface area (TPSA) is 155 Å². The maximum Gasteiger partial charge on any atom is 0.472 e. The Morgan fingerprint density at radius 1 is 0.600 bits per heavy atom. The van der Waals surface area contributed by atoms with Crippen LogP contribution in [-0.4, -0.2) is 60.5 Å². The van der Waals surface area contributed by atoms with Gasteiger partial charge in [-0.25, -0.2) is 4.57 Å². The lowest BCUT2D eigenvalue weighted by Gasteiger charge is -2.19. The minimum Gasteiger partial charge on any atom is -0.462 e. The Morgan fingerprint density at radius 3 is 1.65 bits per heavy atom. The Balaban J connectivity index is 4.53. The van der Waals surface area contributed by atoms with E-state index in [1.54, 1.807) is 24.3 Å². The Bertz CT molecular complexity index is 1450. The highest BCUT2D eigenvalue weighted by Crippen LogP contribution is 2.43. The maximum atomic E-state index is 12.6. The van der Waals surface area contributed by atoms with Crippen LogP contribution in [0.4, 0.5) is 0 Å². The normalized spacial score (nSPS) is 15.1. The summed E-state index contributed by atoms with van der Waals surface area (Å²) in [6, 6.07) is 0. The highest BCUT2D eigenvalue weighted by molar-refractivity contribution is 7.47. The molecule has 0 aliphatic rings. The summed E-state index contributed by atoms with van der Waals surface area (Å²) in [4.78, 5) is 34.8. The predicted molar refractivity (Wildman–Crippen MR) is 248 cm³/mol. The number of hydrogen-bond donors (Lipinski definition) is 3. The first kappa shape index (κ1) is 56.1. The van der Waals surface area contributed by atoms with Crippen LogP contribution in [0, 0.1) is 0 Å². The number of aliphatic hydroxyl groups excluding tert-OH is 1. The van der Waals surface area contributed by atoms with E-state index in [1.807, 2.05) is 24.3 Å². The first-order chi connectivity index (χ1) is 29.2. The molecule has 0 saturated carbocycles. The zero-order valence-corrected chi connectivity index (χ0v) is 37.4. The fraction of sp³-hybridized carbons (Fsp3) is 0.510. The van der Waals surface area contributed by atoms with Crippen LogP contribution in [0.25, 0.3) is 0 Å². The summed E-state index contributed by atoms with van der Waals surface area (Å²) in [7, 11) is -4.45. The third-order valence-electron chi connectivity index (χ3n) is 8.13. The van der Waals surface area contributed by atoms with Crippen molar-refractivity contribution in [2.45, 2.75) is 135 Å². The third-order valence-corrected chi connectivity index (χ3v) is 9.11. The zero-order chi connectivity index (χ0) is 44.0. The van der Waals surface area contributed by atoms with E-state index in [-0.39, 0.29) is 32.6 Å². The lowest BCUT2D eigenvalue weighted by atomic mass is 10.2. The van der Waals surface area contributed by atoms with E-state index in [4.69, 9.17) is 24.3 Å². The number of hydrogen-bond acceptors (Lipinski definition) is 9. The molecule has 60 heavy (non-hydrogen) atoms.